The number of benzene rings is 1. The van der Waals surface area contributed by atoms with E-state index in [1.165, 1.54) is 11.3 Å². The molecule has 3 amide bonds. The minimum atomic E-state index is -0.956. The van der Waals surface area contributed by atoms with E-state index in [4.69, 9.17) is 28.9 Å². The molecule has 1 saturated carbocycles. The van der Waals surface area contributed by atoms with E-state index in [1.54, 1.807) is 12.0 Å². The molecule has 4 aliphatic rings. The van der Waals surface area contributed by atoms with Crippen LogP contribution in [0.3, 0.4) is 0 Å². The van der Waals surface area contributed by atoms with Crippen LogP contribution in [0, 0.1) is 18.3 Å². The van der Waals surface area contributed by atoms with Crippen LogP contribution in [0.1, 0.15) is 99.0 Å². The second-order valence-corrected chi connectivity index (χ2v) is 18.6. The minimum absolute atomic E-state index is 0.105. The van der Waals surface area contributed by atoms with Crippen LogP contribution in [0.25, 0.3) is 22.3 Å². The van der Waals surface area contributed by atoms with Crippen LogP contribution < -0.4 is 25.4 Å². The van der Waals surface area contributed by atoms with Gasteiger partial charge in [-0.25, -0.2) is 14.8 Å². The van der Waals surface area contributed by atoms with Crippen molar-refractivity contribution in [3.8, 4) is 22.9 Å². The third kappa shape index (κ3) is 8.41. The number of fused-ring (bicyclic) bond motifs is 3. The third-order valence-electron chi connectivity index (χ3n) is 11.9. The van der Waals surface area contributed by atoms with Crippen LogP contribution in [-0.4, -0.2) is 94.5 Å². The lowest BCUT2D eigenvalue weighted by Gasteiger charge is -2.36. The molecule has 56 heavy (non-hydrogen) atoms. The van der Waals surface area contributed by atoms with E-state index in [-0.39, 0.29) is 54.7 Å². The molecule has 7 rings (SSSR count). The molecule has 3 saturated heterocycles. The van der Waals surface area contributed by atoms with Crippen molar-refractivity contribution in [1.29, 1.82) is 0 Å². The zero-order valence-corrected chi connectivity index (χ0v) is 35.0. The fourth-order valence-corrected chi connectivity index (χ4v) is 9.53. The summed E-state index contributed by atoms with van der Waals surface area (Å²) < 4.78 is 24.3. The molecule has 5 heterocycles. The van der Waals surface area contributed by atoms with Crippen molar-refractivity contribution in [2.45, 2.75) is 148 Å². The number of carbonyl (C=O) groups excluding carboxylic acids is 3. The number of hydrogen-bond acceptors (Lipinski definition) is 11. The van der Waals surface area contributed by atoms with Crippen LogP contribution in [0.4, 0.5) is 9.93 Å². The Morgan fingerprint density at radius 2 is 1.79 bits per heavy atom. The van der Waals surface area contributed by atoms with Gasteiger partial charge in [-0.1, -0.05) is 34.1 Å². The fourth-order valence-electron chi connectivity index (χ4n) is 8.68. The summed E-state index contributed by atoms with van der Waals surface area (Å²) in [5, 5.41) is 13.1. The van der Waals surface area contributed by atoms with Gasteiger partial charge in [-0.05, 0) is 70.4 Å². The van der Waals surface area contributed by atoms with Crippen molar-refractivity contribution < 1.29 is 33.3 Å². The topological polar surface area (TPSA) is 153 Å². The van der Waals surface area contributed by atoms with E-state index in [0.29, 0.717) is 47.2 Å². The number of carbonyl (C=O) groups is 3. The Balaban J connectivity index is 1.17. The number of aryl methyl sites for hydroxylation is 1. The van der Waals surface area contributed by atoms with Gasteiger partial charge in [0.25, 0.3) is 0 Å². The Hall–Kier alpha value is -4.17. The standard InChI is InChI=1S/C42H58N6O7S/c1-10-24-19-42(24,8)47-37(49)32-17-28(20-48(32)38(50)36(41(5,6)7)46-40(51)55-27-15-25-11-12-26(16-27)53-25)54-34-18-30(31-21-56-39(45-31)43-22(2)3)44-35-23(4)33(52-9)14-13-29(34)35/h13-14,18,21-22,24-28,32,36H,10-12,15-17,19-20H2,1-9H3,(H,43,45)(H,46,51)(H,47,49)/t24-,25-,26+,27+,28-,32+,36?,42-/m1/s1. The molecule has 3 aliphatic heterocycles. The highest BCUT2D eigenvalue weighted by Crippen LogP contribution is 2.46. The number of thiazole rings is 1. The molecular formula is C42H58N6O7S. The maximum Gasteiger partial charge on any atom is 0.408 e. The monoisotopic (exact) mass is 790 g/mol. The molecule has 13 nitrogen and oxygen atoms in total. The highest BCUT2D eigenvalue weighted by molar-refractivity contribution is 7.14. The molecule has 14 heteroatoms. The number of aromatic nitrogens is 2. The number of rotatable bonds is 12. The Morgan fingerprint density at radius 3 is 2.43 bits per heavy atom. The van der Waals surface area contributed by atoms with Crippen LogP contribution in [-0.2, 0) is 19.1 Å². The molecule has 3 N–H and O–H groups in total. The summed E-state index contributed by atoms with van der Waals surface area (Å²) in [5.74, 6) is 1.08. The van der Waals surface area contributed by atoms with Crippen LogP contribution in [0.2, 0.25) is 0 Å². The van der Waals surface area contributed by atoms with Crippen molar-refractivity contribution in [3.63, 3.8) is 0 Å². The second-order valence-electron chi connectivity index (χ2n) is 17.7. The molecule has 0 spiro atoms. The Morgan fingerprint density at radius 1 is 1.05 bits per heavy atom. The first kappa shape index (κ1) is 40.0. The van der Waals surface area contributed by atoms with Gasteiger partial charge in [-0.2, -0.15) is 0 Å². The largest absolute Gasteiger partial charge is 0.496 e. The van der Waals surface area contributed by atoms with E-state index >= 15 is 0 Å². The average Bonchev–Trinajstić information content (AvgIpc) is 3.50. The Kier molecular flexibility index (Phi) is 11.2. The van der Waals surface area contributed by atoms with Gasteiger partial charge in [0.05, 0.1) is 37.1 Å². The number of methoxy groups -OCH3 is 1. The summed E-state index contributed by atoms with van der Waals surface area (Å²) in [5.41, 5.74) is 1.90. The zero-order valence-electron chi connectivity index (χ0n) is 34.2. The molecule has 2 aromatic heterocycles. The molecule has 8 atom stereocenters. The number of anilines is 1. The van der Waals surface area contributed by atoms with Crippen molar-refractivity contribution in [3.05, 3.63) is 29.1 Å². The number of nitrogens with zero attached hydrogens (tertiary/aromatic N) is 3. The van der Waals surface area contributed by atoms with E-state index in [1.807, 2.05) is 51.3 Å². The average molecular weight is 791 g/mol. The molecule has 1 aromatic carbocycles. The van der Waals surface area contributed by atoms with Crippen molar-refractivity contribution in [1.82, 2.24) is 25.5 Å². The number of nitrogens with one attached hydrogen (secondary N) is 3. The molecule has 2 bridgehead atoms. The molecular weight excluding hydrogens is 733 g/mol. The van der Waals surface area contributed by atoms with E-state index in [2.05, 4.69) is 43.6 Å². The van der Waals surface area contributed by atoms with Crippen molar-refractivity contribution in [2.24, 2.45) is 11.3 Å². The van der Waals surface area contributed by atoms with Gasteiger partial charge in [0.1, 0.15) is 41.5 Å². The molecule has 4 fully saturated rings. The van der Waals surface area contributed by atoms with Gasteiger partial charge in [-0.15, -0.1) is 11.3 Å². The predicted molar refractivity (Wildman–Crippen MR) is 216 cm³/mol. The lowest BCUT2D eigenvalue weighted by Crippen LogP contribution is -2.58. The summed E-state index contributed by atoms with van der Waals surface area (Å²) in [4.78, 5) is 53.9. The first-order valence-electron chi connectivity index (χ1n) is 20.2. The second kappa shape index (κ2) is 15.6. The maximum atomic E-state index is 14.8. The molecule has 304 valence electrons. The van der Waals surface area contributed by atoms with Gasteiger partial charge in [-0.3, -0.25) is 9.59 Å². The molecule has 3 aromatic rings. The number of amides is 3. The summed E-state index contributed by atoms with van der Waals surface area (Å²) >= 11 is 1.51. The van der Waals surface area contributed by atoms with E-state index in [0.717, 1.165) is 41.8 Å². The first-order chi connectivity index (χ1) is 26.5. The lowest BCUT2D eigenvalue weighted by molar-refractivity contribution is -0.142. The summed E-state index contributed by atoms with van der Waals surface area (Å²) in [6.07, 6.45) is 4.13. The van der Waals surface area contributed by atoms with Gasteiger partial charge in [0, 0.05) is 53.2 Å². The van der Waals surface area contributed by atoms with E-state index in [9.17, 15) is 14.4 Å². The van der Waals surface area contributed by atoms with Gasteiger partial charge in [0.15, 0.2) is 5.13 Å². The molecule has 1 unspecified atom stereocenters. The van der Waals surface area contributed by atoms with Crippen LogP contribution >= 0.6 is 11.3 Å². The van der Waals surface area contributed by atoms with Crippen molar-refractivity contribution in [2.75, 3.05) is 19.0 Å². The quantitative estimate of drug-likeness (QED) is 0.175. The molecule has 0 radical (unpaired) electrons. The van der Waals surface area contributed by atoms with E-state index < -0.39 is 29.7 Å². The summed E-state index contributed by atoms with van der Waals surface area (Å²) in [7, 11) is 1.63. The highest BCUT2D eigenvalue weighted by atomic mass is 32.1. The van der Waals surface area contributed by atoms with Crippen molar-refractivity contribution >= 4 is 45.3 Å². The summed E-state index contributed by atoms with van der Waals surface area (Å²) in [6, 6.07) is 4.16. The Labute approximate surface area is 334 Å². The smallest absolute Gasteiger partial charge is 0.408 e. The number of pyridine rings is 1. The number of alkyl carbamates (subject to hydrolysis) is 1. The van der Waals surface area contributed by atoms with Crippen LogP contribution in [0.5, 0.6) is 11.5 Å². The normalized spacial score (nSPS) is 27.6. The highest BCUT2D eigenvalue weighted by Gasteiger charge is 2.53. The SMILES string of the molecule is CC[C@@H]1C[C@@]1(C)NC(=O)[C@@H]1C[C@@H](Oc2cc(-c3csc(NC(C)C)n3)nc3c(C)c(OC)ccc23)CN1C(=O)C(NC(=O)O[C@H]1C[C@H]2CC[C@@H](C1)O2)C(C)(C)C. The third-order valence-corrected chi connectivity index (χ3v) is 12.7. The van der Waals surface area contributed by atoms with Gasteiger partial charge >= 0.3 is 6.09 Å². The van der Waals surface area contributed by atoms with Gasteiger partial charge < -0.3 is 39.8 Å². The maximum absolute atomic E-state index is 14.8. The summed E-state index contributed by atoms with van der Waals surface area (Å²) in [6.45, 7) is 16.1. The van der Waals surface area contributed by atoms with Gasteiger partial charge in [0.2, 0.25) is 11.8 Å². The number of hydrogen-bond donors (Lipinski definition) is 3. The Bertz CT molecular complexity index is 1950. The predicted octanol–water partition coefficient (Wildman–Crippen LogP) is 7.00. The van der Waals surface area contributed by atoms with Crippen LogP contribution in [0.15, 0.2) is 23.6 Å². The zero-order chi connectivity index (χ0) is 40.1. The lowest BCUT2D eigenvalue weighted by atomic mass is 9.85. The number of ether oxygens (including phenoxy) is 4. The molecule has 1 aliphatic carbocycles. The minimum Gasteiger partial charge on any atom is -0.496 e. The fraction of sp³-hybridized carbons (Fsp3) is 0.643. The first-order valence-corrected chi connectivity index (χ1v) is 21.1. The number of likely N-dealkylation sites (tertiary alicyclic amines) is 1.